The van der Waals surface area contributed by atoms with Crippen molar-refractivity contribution >= 4 is 5.91 Å². The van der Waals surface area contributed by atoms with E-state index >= 15 is 0 Å². The third-order valence-corrected chi connectivity index (χ3v) is 2.97. The Morgan fingerprint density at radius 3 is 2.87 bits per heavy atom. The maximum Gasteiger partial charge on any atom is 0.246 e. The van der Waals surface area contributed by atoms with Crippen molar-refractivity contribution in [1.82, 2.24) is 5.32 Å². The van der Waals surface area contributed by atoms with Gasteiger partial charge in [-0.25, -0.2) is 0 Å². The second-order valence-electron chi connectivity index (χ2n) is 4.64. The molecular weight excluding hydrogens is 190 g/mol. The highest BCUT2D eigenvalue weighted by Crippen LogP contribution is 2.29. The van der Waals surface area contributed by atoms with Gasteiger partial charge in [-0.1, -0.05) is 20.3 Å². The maximum atomic E-state index is 11.3. The van der Waals surface area contributed by atoms with Gasteiger partial charge in [0.2, 0.25) is 5.91 Å². The number of hydrogen-bond donors (Lipinski definition) is 1. The quantitative estimate of drug-likeness (QED) is 0.685. The summed E-state index contributed by atoms with van der Waals surface area (Å²) in [7, 11) is 0. The summed E-state index contributed by atoms with van der Waals surface area (Å²) in [6, 6.07) is 0. The summed E-state index contributed by atoms with van der Waals surface area (Å²) in [6.07, 6.45) is 4.80. The van der Waals surface area contributed by atoms with Crippen LogP contribution in [0.25, 0.3) is 0 Å². The lowest BCUT2D eigenvalue weighted by Crippen LogP contribution is -2.31. The summed E-state index contributed by atoms with van der Waals surface area (Å²) in [4.78, 5) is 11.3. The van der Waals surface area contributed by atoms with Crippen LogP contribution in [0.5, 0.6) is 0 Å². The van der Waals surface area contributed by atoms with Gasteiger partial charge in [0.1, 0.15) is 6.61 Å². The van der Waals surface area contributed by atoms with E-state index in [-0.39, 0.29) is 12.5 Å². The minimum Gasteiger partial charge on any atom is -0.372 e. The Morgan fingerprint density at radius 1 is 1.47 bits per heavy atom. The molecule has 0 aromatic heterocycles. The van der Waals surface area contributed by atoms with Crippen molar-refractivity contribution in [3.8, 4) is 0 Å². The van der Waals surface area contributed by atoms with Gasteiger partial charge in [0.15, 0.2) is 0 Å². The number of hydrogen-bond acceptors (Lipinski definition) is 2. The van der Waals surface area contributed by atoms with Gasteiger partial charge >= 0.3 is 0 Å². The van der Waals surface area contributed by atoms with E-state index < -0.39 is 0 Å². The Labute approximate surface area is 92.6 Å². The van der Waals surface area contributed by atoms with Gasteiger partial charge < -0.3 is 10.1 Å². The van der Waals surface area contributed by atoms with Gasteiger partial charge in [0, 0.05) is 13.2 Å². The molecule has 0 saturated heterocycles. The molecule has 0 spiro atoms. The van der Waals surface area contributed by atoms with E-state index in [9.17, 15) is 4.79 Å². The number of rotatable bonds is 6. The van der Waals surface area contributed by atoms with E-state index in [1.54, 1.807) is 0 Å². The third kappa shape index (κ3) is 5.17. The first kappa shape index (κ1) is 12.5. The average Bonchev–Trinajstić information content (AvgIpc) is 2.62. The van der Waals surface area contributed by atoms with Crippen LogP contribution in [-0.4, -0.2) is 25.7 Å². The zero-order valence-electron chi connectivity index (χ0n) is 9.92. The molecule has 0 aliphatic heterocycles. The number of ether oxygens (including phenoxy) is 1. The minimum absolute atomic E-state index is 0.0306. The molecule has 15 heavy (non-hydrogen) atoms. The van der Waals surface area contributed by atoms with E-state index in [4.69, 9.17) is 4.74 Å². The van der Waals surface area contributed by atoms with E-state index in [1.165, 1.54) is 19.3 Å². The maximum absolute atomic E-state index is 11.3. The van der Waals surface area contributed by atoms with E-state index in [0.717, 1.165) is 18.9 Å². The normalized spacial score (nSPS) is 25.5. The van der Waals surface area contributed by atoms with Crippen molar-refractivity contribution in [3.63, 3.8) is 0 Å². The molecular formula is C12H23NO2. The Balaban J connectivity index is 2.01. The van der Waals surface area contributed by atoms with Crippen LogP contribution in [0.15, 0.2) is 0 Å². The molecule has 1 N–H and O–H groups in total. The van der Waals surface area contributed by atoms with Crippen molar-refractivity contribution < 1.29 is 9.53 Å². The largest absolute Gasteiger partial charge is 0.372 e. The van der Waals surface area contributed by atoms with Crippen LogP contribution in [0.4, 0.5) is 0 Å². The van der Waals surface area contributed by atoms with Gasteiger partial charge in [-0.2, -0.15) is 0 Å². The molecule has 0 aromatic rings. The summed E-state index contributed by atoms with van der Waals surface area (Å²) in [5.74, 6) is 1.56. The fourth-order valence-corrected chi connectivity index (χ4v) is 2.13. The third-order valence-electron chi connectivity index (χ3n) is 2.97. The van der Waals surface area contributed by atoms with Crippen LogP contribution in [-0.2, 0) is 9.53 Å². The second kappa shape index (κ2) is 6.83. The molecule has 2 unspecified atom stereocenters. The topological polar surface area (TPSA) is 38.3 Å². The molecule has 2 atom stereocenters. The van der Waals surface area contributed by atoms with Gasteiger partial charge in [-0.15, -0.1) is 0 Å². The van der Waals surface area contributed by atoms with Crippen molar-refractivity contribution in [2.75, 3.05) is 19.8 Å². The lowest BCUT2D eigenvalue weighted by atomic mass is 10.1. The zero-order chi connectivity index (χ0) is 11.1. The van der Waals surface area contributed by atoms with Gasteiger partial charge in [-0.05, 0) is 31.1 Å². The molecule has 1 aliphatic carbocycles. The summed E-state index contributed by atoms with van der Waals surface area (Å²) in [6.45, 7) is 6.05. The van der Waals surface area contributed by atoms with Crippen molar-refractivity contribution in [1.29, 1.82) is 0 Å². The highest BCUT2D eigenvalue weighted by Gasteiger charge is 2.21. The predicted molar refractivity (Wildman–Crippen MR) is 60.6 cm³/mol. The molecule has 1 rings (SSSR count). The van der Waals surface area contributed by atoms with Gasteiger partial charge in [0.05, 0.1) is 0 Å². The number of carbonyl (C=O) groups excluding carboxylic acids is 1. The molecule has 0 bridgehead atoms. The fourth-order valence-electron chi connectivity index (χ4n) is 2.13. The molecule has 3 heteroatoms. The Morgan fingerprint density at radius 2 is 2.27 bits per heavy atom. The van der Waals surface area contributed by atoms with Crippen molar-refractivity contribution in [2.24, 2.45) is 11.8 Å². The fraction of sp³-hybridized carbons (Fsp3) is 0.917. The lowest BCUT2D eigenvalue weighted by molar-refractivity contribution is -0.125. The molecule has 0 heterocycles. The molecule has 1 amide bonds. The monoisotopic (exact) mass is 213 g/mol. The Hall–Kier alpha value is -0.570. The van der Waals surface area contributed by atoms with Crippen LogP contribution < -0.4 is 5.32 Å². The summed E-state index contributed by atoms with van der Waals surface area (Å²) < 4.78 is 5.17. The van der Waals surface area contributed by atoms with Crippen LogP contribution in [0.2, 0.25) is 0 Å². The first-order chi connectivity index (χ1) is 7.22. The smallest absolute Gasteiger partial charge is 0.246 e. The summed E-state index contributed by atoms with van der Waals surface area (Å²) >= 11 is 0. The van der Waals surface area contributed by atoms with Crippen LogP contribution >= 0.6 is 0 Å². The first-order valence-corrected chi connectivity index (χ1v) is 6.06. The summed E-state index contributed by atoms with van der Waals surface area (Å²) in [5, 5.41) is 2.94. The molecule has 0 radical (unpaired) electrons. The van der Waals surface area contributed by atoms with Crippen LogP contribution in [0, 0.1) is 11.8 Å². The van der Waals surface area contributed by atoms with Gasteiger partial charge in [-0.3, -0.25) is 4.79 Å². The van der Waals surface area contributed by atoms with Crippen molar-refractivity contribution in [3.05, 3.63) is 0 Å². The van der Waals surface area contributed by atoms with Crippen LogP contribution in [0.1, 0.15) is 39.5 Å². The molecule has 0 aromatic carbocycles. The van der Waals surface area contributed by atoms with E-state index in [1.807, 2.05) is 6.92 Å². The van der Waals surface area contributed by atoms with Crippen LogP contribution in [0.3, 0.4) is 0 Å². The molecule has 3 nitrogen and oxygen atoms in total. The predicted octanol–water partition coefficient (Wildman–Crippen LogP) is 1.97. The minimum atomic E-state index is 0.0306. The average molecular weight is 213 g/mol. The lowest BCUT2D eigenvalue weighted by Gasteiger charge is -2.11. The van der Waals surface area contributed by atoms with Gasteiger partial charge in [0.25, 0.3) is 0 Å². The summed E-state index contributed by atoms with van der Waals surface area (Å²) in [5.41, 5.74) is 0. The molecule has 88 valence electrons. The number of carbonyl (C=O) groups is 1. The van der Waals surface area contributed by atoms with E-state index in [2.05, 4.69) is 12.2 Å². The highest BCUT2D eigenvalue weighted by atomic mass is 16.5. The zero-order valence-corrected chi connectivity index (χ0v) is 9.92. The second-order valence-corrected chi connectivity index (χ2v) is 4.64. The standard InChI is InChI=1S/C12H23NO2/c1-3-6-15-9-12(14)13-8-11-5-4-10(2)7-11/h10-11H,3-9H2,1-2H3,(H,13,14). The molecule has 1 fully saturated rings. The first-order valence-electron chi connectivity index (χ1n) is 6.06. The highest BCUT2D eigenvalue weighted by molar-refractivity contribution is 5.77. The Kier molecular flexibility index (Phi) is 5.69. The van der Waals surface area contributed by atoms with Crippen molar-refractivity contribution in [2.45, 2.75) is 39.5 Å². The number of nitrogens with one attached hydrogen (secondary N) is 1. The molecule has 1 saturated carbocycles. The molecule has 1 aliphatic rings. The van der Waals surface area contributed by atoms with E-state index in [0.29, 0.717) is 12.5 Å². The number of amides is 1. The Bertz CT molecular complexity index is 194. The SMILES string of the molecule is CCCOCC(=O)NCC1CCC(C)C1.